The first kappa shape index (κ1) is 22.8. The summed E-state index contributed by atoms with van der Waals surface area (Å²) in [5, 5.41) is 14.9. The molecule has 33 heavy (non-hydrogen) atoms. The molecule has 2 heterocycles. The first-order valence-electron chi connectivity index (χ1n) is 10.7. The molecule has 4 rings (SSSR count). The van der Waals surface area contributed by atoms with Crippen molar-refractivity contribution in [1.29, 1.82) is 0 Å². The Morgan fingerprint density at radius 1 is 1.09 bits per heavy atom. The Morgan fingerprint density at radius 3 is 2.48 bits per heavy atom. The predicted octanol–water partition coefficient (Wildman–Crippen LogP) is 0.383. The van der Waals surface area contributed by atoms with Gasteiger partial charge in [-0.25, -0.2) is 8.42 Å². The van der Waals surface area contributed by atoms with E-state index in [1.54, 1.807) is 30.3 Å². The fourth-order valence-electron chi connectivity index (χ4n) is 4.30. The van der Waals surface area contributed by atoms with Crippen LogP contribution in [0.15, 0.2) is 59.5 Å². The SMILES string of the molecule is O=C(CS(=O)(=O)c1ccccc1)N[C@H]1CCN2C(=O)[C@@H](Cc3ccc(O)cc3)NC(=O)[C@@H]2C1. The van der Waals surface area contributed by atoms with Gasteiger partial charge in [0.1, 0.15) is 23.6 Å². The number of hydrogen-bond donors (Lipinski definition) is 3. The van der Waals surface area contributed by atoms with E-state index in [0.717, 1.165) is 5.56 Å². The third-order valence-corrected chi connectivity index (χ3v) is 7.60. The molecule has 0 saturated carbocycles. The third kappa shape index (κ3) is 5.16. The van der Waals surface area contributed by atoms with Crippen LogP contribution in [0.3, 0.4) is 0 Å². The average Bonchev–Trinajstić information content (AvgIpc) is 2.79. The number of fused-ring (bicyclic) bond motifs is 1. The average molecular weight is 472 g/mol. The Morgan fingerprint density at radius 2 is 1.79 bits per heavy atom. The van der Waals surface area contributed by atoms with Crippen LogP contribution in [0.4, 0.5) is 0 Å². The van der Waals surface area contributed by atoms with Gasteiger partial charge in [0.15, 0.2) is 9.84 Å². The van der Waals surface area contributed by atoms with Crippen LogP contribution in [-0.4, -0.2) is 66.6 Å². The Kier molecular flexibility index (Phi) is 6.37. The van der Waals surface area contributed by atoms with Gasteiger partial charge in [0.2, 0.25) is 17.7 Å². The standard InChI is InChI=1S/C23H25N3O6S/c27-17-8-6-15(7-9-17)12-19-23(30)26-11-10-16(13-20(26)22(29)25-19)24-21(28)14-33(31,32)18-4-2-1-3-5-18/h1-9,16,19-20,27H,10-14H2,(H,24,28)(H,25,29)/t16-,19+,20-/m0/s1. The molecule has 0 radical (unpaired) electrons. The molecule has 9 nitrogen and oxygen atoms in total. The van der Waals surface area contributed by atoms with Crippen LogP contribution in [0.1, 0.15) is 18.4 Å². The largest absolute Gasteiger partial charge is 0.508 e. The number of piperidine rings is 1. The molecule has 10 heteroatoms. The topological polar surface area (TPSA) is 133 Å². The lowest BCUT2D eigenvalue weighted by molar-refractivity contribution is -0.151. The van der Waals surface area contributed by atoms with E-state index in [0.29, 0.717) is 19.4 Å². The number of amides is 3. The zero-order valence-corrected chi connectivity index (χ0v) is 18.6. The van der Waals surface area contributed by atoms with Crippen molar-refractivity contribution in [3.63, 3.8) is 0 Å². The van der Waals surface area contributed by atoms with E-state index in [1.807, 2.05) is 0 Å². The molecule has 0 spiro atoms. The first-order chi connectivity index (χ1) is 15.7. The molecule has 2 fully saturated rings. The number of nitrogens with zero attached hydrogens (tertiary/aromatic N) is 1. The summed E-state index contributed by atoms with van der Waals surface area (Å²) in [5.41, 5.74) is 0.812. The molecule has 2 aliphatic rings. The summed E-state index contributed by atoms with van der Waals surface area (Å²) in [6.45, 7) is 0.291. The van der Waals surface area contributed by atoms with Crippen LogP contribution in [0.2, 0.25) is 0 Å². The van der Waals surface area contributed by atoms with Crippen LogP contribution in [0.5, 0.6) is 5.75 Å². The highest BCUT2D eigenvalue weighted by atomic mass is 32.2. The first-order valence-corrected chi connectivity index (χ1v) is 12.3. The second-order valence-corrected chi connectivity index (χ2v) is 10.3. The van der Waals surface area contributed by atoms with Crippen molar-refractivity contribution in [2.24, 2.45) is 0 Å². The van der Waals surface area contributed by atoms with E-state index < -0.39 is 39.6 Å². The lowest BCUT2D eigenvalue weighted by Crippen LogP contribution is -2.67. The minimum Gasteiger partial charge on any atom is -0.508 e. The molecule has 0 aromatic heterocycles. The molecule has 3 amide bonds. The van der Waals surface area contributed by atoms with E-state index in [4.69, 9.17) is 0 Å². The van der Waals surface area contributed by atoms with Crippen LogP contribution in [-0.2, 0) is 30.6 Å². The normalized spacial score (nSPS) is 22.9. The number of hydrogen-bond acceptors (Lipinski definition) is 6. The van der Waals surface area contributed by atoms with Gasteiger partial charge in [-0.1, -0.05) is 30.3 Å². The Hall–Kier alpha value is -3.40. The van der Waals surface area contributed by atoms with Gasteiger partial charge in [-0.3, -0.25) is 14.4 Å². The molecule has 3 atom stereocenters. The fraction of sp³-hybridized carbons (Fsp3) is 0.348. The highest BCUT2D eigenvalue weighted by Crippen LogP contribution is 2.24. The summed E-state index contributed by atoms with van der Waals surface area (Å²) in [5.74, 6) is -1.68. The third-order valence-electron chi connectivity index (χ3n) is 5.97. The number of carbonyl (C=O) groups is 3. The van der Waals surface area contributed by atoms with E-state index in [9.17, 15) is 27.9 Å². The number of piperazine rings is 1. The molecule has 2 aliphatic heterocycles. The molecule has 2 aromatic carbocycles. The highest BCUT2D eigenvalue weighted by molar-refractivity contribution is 7.92. The van der Waals surface area contributed by atoms with Gasteiger partial charge in [0.05, 0.1) is 4.90 Å². The summed E-state index contributed by atoms with van der Waals surface area (Å²) in [6, 6.07) is 12.4. The van der Waals surface area contributed by atoms with Gasteiger partial charge >= 0.3 is 0 Å². The predicted molar refractivity (Wildman–Crippen MR) is 119 cm³/mol. The van der Waals surface area contributed by atoms with Gasteiger partial charge in [-0.2, -0.15) is 0 Å². The van der Waals surface area contributed by atoms with Crippen molar-refractivity contribution in [3.8, 4) is 5.75 Å². The zero-order chi connectivity index (χ0) is 23.6. The fourth-order valence-corrected chi connectivity index (χ4v) is 5.46. The molecule has 0 unspecified atom stereocenters. The van der Waals surface area contributed by atoms with Gasteiger partial charge in [-0.15, -0.1) is 0 Å². The van der Waals surface area contributed by atoms with Gasteiger partial charge in [0.25, 0.3) is 0 Å². The van der Waals surface area contributed by atoms with Crippen molar-refractivity contribution in [1.82, 2.24) is 15.5 Å². The maximum Gasteiger partial charge on any atom is 0.246 e. The highest BCUT2D eigenvalue weighted by Gasteiger charge is 2.44. The number of phenolic OH excluding ortho intramolecular Hbond substituents is 1. The number of aromatic hydroxyl groups is 1. The lowest BCUT2D eigenvalue weighted by atomic mass is 9.91. The number of rotatable bonds is 6. The zero-order valence-electron chi connectivity index (χ0n) is 17.8. The summed E-state index contributed by atoms with van der Waals surface area (Å²) in [6.07, 6.45) is 0.963. The number of sulfone groups is 1. The molecule has 3 N–H and O–H groups in total. The second kappa shape index (κ2) is 9.22. The number of nitrogens with one attached hydrogen (secondary N) is 2. The van der Waals surface area contributed by atoms with Crippen molar-refractivity contribution in [3.05, 3.63) is 60.2 Å². The van der Waals surface area contributed by atoms with Crippen LogP contribution in [0.25, 0.3) is 0 Å². The smallest absolute Gasteiger partial charge is 0.246 e. The van der Waals surface area contributed by atoms with Crippen molar-refractivity contribution in [2.75, 3.05) is 12.3 Å². The minimum absolute atomic E-state index is 0.0758. The van der Waals surface area contributed by atoms with Crippen molar-refractivity contribution < 1.29 is 27.9 Å². The second-order valence-electron chi connectivity index (χ2n) is 8.34. The Balaban J connectivity index is 1.35. The molecule has 174 valence electrons. The molecule has 0 bridgehead atoms. The summed E-state index contributed by atoms with van der Waals surface area (Å²) in [4.78, 5) is 39.7. The number of phenols is 1. The molecule has 2 aromatic rings. The maximum atomic E-state index is 12.9. The van der Waals surface area contributed by atoms with Crippen LogP contribution in [0, 0.1) is 0 Å². The van der Waals surface area contributed by atoms with E-state index in [2.05, 4.69) is 10.6 Å². The van der Waals surface area contributed by atoms with Crippen molar-refractivity contribution >= 4 is 27.6 Å². The van der Waals surface area contributed by atoms with Crippen molar-refractivity contribution in [2.45, 2.75) is 42.3 Å². The van der Waals surface area contributed by atoms with E-state index in [-0.39, 0.29) is 28.9 Å². The molecular formula is C23H25N3O6S. The molecule has 2 saturated heterocycles. The summed E-state index contributed by atoms with van der Waals surface area (Å²) >= 11 is 0. The van der Waals surface area contributed by atoms with Crippen LogP contribution >= 0.6 is 0 Å². The van der Waals surface area contributed by atoms with E-state index in [1.165, 1.54) is 29.2 Å². The number of benzene rings is 2. The van der Waals surface area contributed by atoms with Crippen LogP contribution < -0.4 is 10.6 Å². The Labute approximate surface area is 191 Å². The van der Waals surface area contributed by atoms with Gasteiger partial charge in [-0.05, 0) is 42.7 Å². The minimum atomic E-state index is -3.76. The molecule has 0 aliphatic carbocycles. The summed E-state index contributed by atoms with van der Waals surface area (Å²) < 4.78 is 24.8. The van der Waals surface area contributed by atoms with Gasteiger partial charge in [0, 0.05) is 19.0 Å². The number of carbonyl (C=O) groups excluding carboxylic acids is 3. The quantitative estimate of drug-likeness (QED) is 0.558. The Bertz CT molecular complexity index is 1150. The van der Waals surface area contributed by atoms with Gasteiger partial charge < -0.3 is 20.6 Å². The lowest BCUT2D eigenvalue weighted by Gasteiger charge is -2.44. The summed E-state index contributed by atoms with van der Waals surface area (Å²) in [7, 11) is -3.76. The van der Waals surface area contributed by atoms with E-state index >= 15 is 0 Å². The molecular weight excluding hydrogens is 446 g/mol. The monoisotopic (exact) mass is 471 g/mol. The maximum absolute atomic E-state index is 12.9.